The molecular weight excluding hydrogens is 312 g/mol. The number of aromatic hydroxyl groups is 1. The highest BCUT2D eigenvalue weighted by molar-refractivity contribution is 7.71. The molecule has 0 bridgehead atoms. The van der Waals surface area contributed by atoms with Crippen LogP contribution in [0.4, 0.5) is 11.4 Å². The molecule has 2 rings (SSSR count). The normalized spacial score (nSPS) is 10.8. The van der Waals surface area contributed by atoms with E-state index < -0.39 is 16.4 Å². The lowest BCUT2D eigenvalue weighted by Crippen LogP contribution is -2.13. The summed E-state index contributed by atoms with van der Waals surface area (Å²) in [6, 6.07) is 3.82. The van der Waals surface area contributed by atoms with Crippen LogP contribution in [0.5, 0.6) is 11.6 Å². The number of nitro benzene ring substituents is 1. The molecule has 0 saturated carbocycles. The van der Waals surface area contributed by atoms with Gasteiger partial charge in [0.2, 0.25) is 5.88 Å². The number of hydrogen-bond acceptors (Lipinski definition) is 7. The quantitative estimate of drug-likeness (QED) is 0.340. The zero-order valence-electron chi connectivity index (χ0n) is 11.2. The Labute approximate surface area is 128 Å². The lowest BCUT2D eigenvalue weighted by molar-refractivity contribution is -0.384. The molecule has 0 aliphatic carbocycles. The van der Waals surface area contributed by atoms with Gasteiger partial charge in [0.25, 0.3) is 11.2 Å². The maximum absolute atomic E-state index is 11.7. The Bertz CT molecular complexity index is 871. The molecule has 3 N–H and O–H groups in total. The SMILES string of the molecule is COc1cc([N+](=O)[O-])ccc1N=Cc1c(O)[nH]c(=S)[nH]c1=O. The van der Waals surface area contributed by atoms with E-state index in [4.69, 9.17) is 17.0 Å². The molecule has 0 spiro atoms. The Morgan fingerprint density at radius 2 is 2.18 bits per heavy atom. The molecule has 22 heavy (non-hydrogen) atoms. The van der Waals surface area contributed by atoms with Gasteiger partial charge in [0, 0.05) is 12.3 Å². The van der Waals surface area contributed by atoms with Gasteiger partial charge in [0.05, 0.1) is 18.1 Å². The Morgan fingerprint density at radius 3 is 2.77 bits per heavy atom. The number of H-pyrrole nitrogens is 2. The largest absolute Gasteiger partial charge is 0.494 e. The minimum atomic E-state index is -0.620. The van der Waals surface area contributed by atoms with Crippen molar-refractivity contribution >= 4 is 29.8 Å². The summed E-state index contributed by atoms with van der Waals surface area (Å²) in [5, 5.41) is 20.3. The molecule has 0 radical (unpaired) electrons. The van der Waals surface area contributed by atoms with Crippen molar-refractivity contribution in [3.8, 4) is 11.6 Å². The van der Waals surface area contributed by atoms with Crippen molar-refractivity contribution in [1.82, 2.24) is 9.97 Å². The lowest BCUT2D eigenvalue weighted by Gasteiger charge is -2.03. The second kappa shape index (κ2) is 6.18. The van der Waals surface area contributed by atoms with Crippen molar-refractivity contribution in [3.63, 3.8) is 0 Å². The predicted octanol–water partition coefficient (Wildman–Crippen LogP) is 1.81. The number of benzene rings is 1. The monoisotopic (exact) mass is 322 g/mol. The summed E-state index contributed by atoms with van der Waals surface area (Å²) in [5.74, 6) is -0.274. The number of methoxy groups -OCH3 is 1. The highest BCUT2D eigenvalue weighted by Gasteiger charge is 2.11. The number of nitrogens with one attached hydrogen (secondary N) is 2. The Balaban J connectivity index is 2.45. The molecule has 0 unspecified atom stereocenters. The number of hydrogen-bond donors (Lipinski definition) is 3. The molecule has 1 aromatic heterocycles. The third-order valence-electron chi connectivity index (χ3n) is 2.67. The molecule has 0 amide bonds. The third kappa shape index (κ3) is 3.17. The van der Waals surface area contributed by atoms with E-state index in [1.54, 1.807) is 0 Å². The zero-order chi connectivity index (χ0) is 16.3. The number of aliphatic imine (C=N–C) groups is 1. The fourth-order valence-corrected chi connectivity index (χ4v) is 1.81. The van der Waals surface area contributed by atoms with E-state index in [1.165, 1.54) is 25.3 Å². The van der Waals surface area contributed by atoms with Crippen LogP contribution in [0.1, 0.15) is 5.56 Å². The molecule has 1 heterocycles. The minimum Gasteiger partial charge on any atom is -0.494 e. The van der Waals surface area contributed by atoms with Crippen molar-refractivity contribution < 1.29 is 14.8 Å². The lowest BCUT2D eigenvalue weighted by atomic mass is 10.2. The van der Waals surface area contributed by atoms with Gasteiger partial charge >= 0.3 is 0 Å². The number of non-ortho nitro benzene ring substituents is 1. The van der Waals surface area contributed by atoms with E-state index in [0.717, 1.165) is 6.21 Å². The van der Waals surface area contributed by atoms with Crippen LogP contribution in [0.15, 0.2) is 28.0 Å². The molecular formula is C12H10N4O5S. The van der Waals surface area contributed by atoms with Gasteiger partial charge in [-0.05, 0) is 18.3 Å². The van der Waals surface area contributed by atoms with Crippen LogP contribution in [0, 0.1) is 14.9 Å². The Morgan fingerprint density at radius 1 is 1.45 bits per heavy atom. The van der Waals surface area contributed by atoms with E-state index in [-0.39, 0.29) is 27.5 Å². The van der Waals surface area contributed by atoms with Gasteiger partial charge in [-0.2, -0.15) is 0 Å². The van der Waals surface area contributed by atoms with Crippen LogP contribution < -0.4 is 10.3 Å². The highest BCUT2D eigenvalue weighted by Crippen LogP contribution is 2.31. The van der Waals surface area contributed by atoms with E-state index in [0.29, 0.717) is 0 Å². The van der Waals surface area contributed by atoms with E-state index in [9.17, 15) is 20.0 Å². The predicted molar refractivity (Wildman–Crippen MR) is 80.8 cm³/mol. The first-order valence-corrected chi connectivity index (χ1v) is 6.25. The zero-order valence-corrected chi connectivity index (χ0v) is 12.0. The molecule has 0 aliphatic rings. The summed E-state index contributed by atoms with van der Waals surface area (Å²) >= 11 is 4.70. The van der Waals surface area contributed by atoms with Crippen LogP contribution in [0.25, 0.3) is 0 Å². The van der Waals surface area contributed by atoms with Gasteiger partial charge in [-0.15, -0.1) is 0 Å². The van der Waals surface area contributed by atoms with Crippen molar-refractivity contribution in [2.45, 2.75) is 0 Å². The molecule has 1 aromatic carbocycles. The number of nitrogens with zero attached hydrogens (tertiary/aromatic N) is 2. The molecule has 0 atom stereocenters. The highest BCUT2D eigenvalue weighted by atomic mass is 32.1. The number of nitro groups is 1. The molecule has 0 saturated heterocycles. The molecule has 2 aromatic rings. The van der Waals surface area contributed by atoms with Crippen LogP contribution >= 0.6 is 12.2 Å². The number of ether oxygens (including phenoxy) is 1. The van der Waals surface area contributed by atoms with E-state index in [2.05, 4.69) is 15.0 Å². The first kappa shape index (κ1) is 15.4. The van der Waals surface area contributed by atoms with Gasteiger partial charge in [-0.25, -0.2) is 0 Å². The van der Waals surface area contributed by atoms with Crippen molar-refractivity contribution in [2.75, 3.05) is 7.11 Å². The molecule has 9 nitrogen and oxygen atoms in total. The van der Waals surface area contributed by atoms with Gasteiger partial charge < -0.3 is 14.8 Å². The summed E-state index contributed by atoms with van der Waals surface area (Å²) in [4.78, 5) is 30.5. The summed E-state index contributed by atoms with van der Waals surface area (Å²) in [6.07, 6.45) is 1.10. The molecule has 0 aliphatic heterocycles. The smallest absolute Gasteiger partial charge is 0.273 e. The fraction of sp³-hybridized carbons (Fsp3) is 0.0833. The molecule has 0 fully saturated rings. The maximum atomic E-state index is 11.7. The van der Waals surface area contributed by atoms with Crippen LogP contribution in [-0.2, 0) is 0 Å². The van der Waals surface area contributed by atoms with Gasteiger partial charge in [-0.1, -0.05) is 0 Å². The second-order valence-corrected chi connectivity index (χ2v) is 4.45. The first-order chi connectivity index (χ1) is 10.4. The minimum absolute atomic E-state index is 0.0208. The average molecular weight is 322 g/mol. The van der Waals surface area contributed by atoms with Crippen molar-refractivity contribution in [2.24, 2.45) is 4.99 Å². The van der Waals surface area contributed by atoms with Crippen LogP contribution in [-0.4, -0.2) is 33.3 Å². The fourth-order valence-electron chi connectivity index (χ4n) is 1.62. The summed E-state index contributed by atoms with van der Waals surface area (Å²) < 4.78 is 4.99. The molecule has 114 valence electrons. The van der Waals surface area contributed by atoms with Crippen molar-refractivity contribution in [1.29, 1.82) is 0 Å². The third-order valence-corrected chi connectivity index (χ3v) is 2.87. The summed E-state index contributed by atoms with van der Waals surface area (Å²) in [6.45, 7) is 0. The van der Waals surface area contributed by atoms with Crippen molar-refractivity contribution in [3.05, 3.63) is 49.0 Å². The second-order valence-electron chi connectivity index (χ2n) is 4.04. The van der Waals surface area contributed by atoms with E-state index in [1.807, 2.05) is 0 Å². The Kier molecular flexibility index (Phi) is 4.32. The summed E-state index contributed by atoms with van der Waals surface area (Å²) in [5.41, 5.74) is -0.644. The summed E-state index contributed by atoms with van der Waals surface area (Å²) in [7, 11) is 1.34. The molecule has 10 heteroatoms. The Hall–Kier alpha value is -3.01. The number of rotatable bonds is 4. The standard InChI is InChI=1S/C12H10N4O5S/c1-21-9-4-6(16(19)20)2-3-8(9)13-5-7-10(17)14-12(22)15-11(7)18/h2-5H,1H3,(H3,14,15,17,18,22). The van der Waals surface area contributed by atoms with Crippen LogP contribution in [0.3, 0.4) is 0 Å². The maximum Gasteiger partial charge on any atom is 0.273 e. The topological polar surface area (TPSA) is 134 Å². The van der Waals surface area contributed by atoms with Gasteiger partial charge in [0.15, 0.2) is 10.5 Å². The van der Waals surface area contributed by atoms with Gasteiger partial charge in [0.1, 0.15) is 11.3 Å². The van der Waals surface area contributed by atoms with Crippen LogP contribution in [0.2, 0.25) is 0 Å². The average Bonchev–Trinajstić information content (AvgIpc) is 2.45. The number of aromatic nitrogens is 2. The first-order valence-electron chi connectivity index (χ1n) is 5.84. The van der Waals surface area contributed by atoms with E-state index >= 15 is 0 Å². The number of aromatic amines is 2. The van der Waals surface area contributed by atoms with Gasteiger partial charge in [-0.3, -0.25) is 24.9 Å².